The molecule has 0 saturated heterocycles. The molecule has 0 aliphatic rings. The molecule has 2 aromatic carbocycles. The van der Waals surface area contributed by atoms with Gasteiger partial charge in [-0.2, -0.15) is 0 Å². The molecular formula is C14H13BrN2O2. The second-order valence-corrected chi connectivity index (χ2v) is 4.88. The molecule has 4 N–H and O–H groups in total. The van der Waals surface area contributed by atoms with Gasteiger partial charge in [-0.05, 0) is 35.9 Å². The van der Waals surface area contributed by atoms with Gasteiger partial charge in [0, 0.05) is 11.0 Å². The SMILES string of the molecule is NCc1cc(Br)cc(Oc2ccccc2C(N)=O)c1. The Morgan fingerprint density at radius 3 is 2.63 bits per heavy atom. The molecule has 0 fully saturated rings. The molecule has 1 amide bonds. The van der Waals surface area contributed by atoms with Gasteiger partial charge in [-0.3, -0.25) is 4.79 Å². The first kappa shape index (κ1) is 13.6. The highest BCUT2D eigenvalue weighted by Gasteiger charge is 2.09. The van der Waals surface area contributed by atoms with Crippen molar-refractivity contribution in [1.82, 2.24) is 0 Å². The van der Waals surface area contributed by atoms with Crippen molar-refractivity contribution >= 4 is 21.8 Å². The summed E-state index contributed by atoms with van der Waals surface area (Å²) in [4.78, 5) is 11.3. The summed E-state index contributed by atoms with van der Waals surface area (Å²) >= 11 is 3.39. The molecule has 0 atom stereocenters. The Balaban J connectivity index is 2.36. The minimum atomic E-state index is -0.523. The number of rotatable bonds is 4. The molecule has 98 valence electrons. The average Bonchev–Trinajstić information content (AvgIpc) is 2.38. The molecule has 19 heavy (non-hydrogen) atoms. The van der Waals surface area contributed by atoms with Gasteiger partial charge in [0.25, 0.3) is 5.91 Å². The van der Waals surface area contributed by atoms with E-state index in [1.165, 1.54) is 0 Å². The summed E-state index contributed by atoms with van der Waals surface area (Å²) in [7, 11) is 0. The van der Waals surface area contributed by atoms with Crippen molar-refractivity contribution in [1.29, 1.82) is 0 Å². The molecule has 0 saturated carbocycles. The van der Waals surface area contributed by atoms with Crippen LogP contribution in [-0.2, 0) is 6.54 Å². The maximum Gasteiger partial charge on any atom is 0.252 e. The third-order valence-electron chi connectivity index (χ3n) is 2.55. The van der Waals surface area contributed by atoms with E-state index in [4.69, 9.17) is 16.2 Å². The smallest absolute Gasteiger partial charge is 0.252 e. The number of hydrogen-bond donors (Lipinski definition) is 2. The van der Waals surface area contributed by atoms with Crippen molar-refractivity contribution < 1.29 is 9.53 Å². The highest BCUT2D eigenvalue weighted by molar-refractivity contribution is 9.10. The van der Waals surface area contributed by atoms with Crippen LogP contribution >= 0.6 is 15.9 Å². The fourth-order valence-corrected chi connectivity index (χ4v) is 2.20. The Kier molecular flexibility index (Phi) is 4.19. The topological polar surface area (TPSA) is 78.3 Å². The molecule has 0 spiro atoms. The molecule has 2 rings (SSSR count). The summed E-state index contributed by atoms with van der Waals surface area (Å²) in [5, 5.41) is 0. The normalized spacial score (nSPS) is 10.2. The van der Waals surface area contributed by atoms with Crippen LogP contribution in [0.4, 0.5) is 0 Å². The lowest BCUT2D eigenvalue weighted by Crippen LogP contribution is -2.12. The van der Waals surface area contributed by atoms with E-state index in [-0.39, 0.29) is 0 Å². The number of para-hydroxylation sites is 1. The molecule has 0 unspecified atom stereocenters. The van der Waals surface area contributed by atoms with Crippen LogP contribution in [0.3, 0.4) is 0 Å². The first-order valence-electron chi connectivity index (χ1n) is 5.66. The van der Waals surface area contributed by atoms with Gasteiger partial charge in [0.05, 0.1) is 5.56 Å². The zero-order valence-corrected chi connectivity index (χ0v) is 11.7. The van der Waals surface area contributed by atoms with E-state index in [0.717, 1.165) is 10.0 Å². The summed E-state index contributed by atoms with van der Waals surface area (Å²) < 4.78 is 6.57. The van der Waals surface area contributed by atoms with Crippen molar-refractivity contribution in [3.63, 3.8) is 0 Å². The summed E-state index contributed by atoms with van der Waals surface area (Å²) in [5.74, 6) is 0.504. The van der Waals surface area contributed by atoms with E-state index >= 15 is 0 Å². The molecule has 2 aromatic rings. The third kappa shape index (κ3) is 3.33. The Bertz CT molecular complexity index is 614. The van der Waals surface area contributed by atoms with Gasteiger partial charge in [-0.1, -0.05) is 28.1 Å². The highest BCUT2D eigenvalue weighted by Crippen LogP contribution is 2.28. The van der Waals surface area contributed by atoms with Gasteiger partial charge in [-0.15, -0.1) is 0 Å². The lowest BCUT2D eigenvalue weighted by molar-refractivity contribution is 0.0998. The molecule has 0 bridgehead atoms. The number of ether oxygens (including phenoxy) is 1. The fraction of sp³-hybridized carbons (Fsp3) is 0.0714. The number of nitrogens with two attached hydrogens (primary N) is 2. The van der Waals surface area contributed by atoms with Crippen LogP contribution in [0.5, 0.6) is 11.5 Å². The predicted molar refractivity (Wildman–Crippen MR) is 77.1 cm³/mol. The Labute approximate surface area is 119 Å². The Morgan fingerprint density at radius 1 is 1.21 bits per heavy atom. The van der Waals surface area contributed by atoms with E-state index in [0.29, 0.717) is 23.6 Å². The molecule has 5 heteroatoms. The van der Waals surface area contributed by atoms with E-state index in [2.05, 4.69) is 15.9 Å². The standard InChI is InChI=1S/C14H13BrN2O2/c15-10-5-9(8-16)6-11(7-10)19-13-4-2-1-3-12(13)14(17)18/h1-7H,8,16H2,(H2,17,18). The summed E-state index contributed by atoms with van der Waals surface area (Å²) in [6.07, 6.45) is 0. The highest BCUT2D eigenvalue weighted by atomic mass is 79.9. The number of hydrogen-bond acceptors (Lipinski definition) is 3. The Morgan fingerprint density at radius 2 is 1.95 bits per heavy atom. The molecule has 0 aliphatic heterocycles. The minimum absolute atomic E-state index is 0.344. The van der Waals surface area contributed by atoms with E-state index in [1.54, 1.807) is 30.3 Å². The van der Waals surface area contributed by atoms with Crippen LogP contribution in [0, 0.1) is 0 Å². The summed E-state index contributed by atoms with van der Waals surface area (Å²) in [6, 6.07) is 12.4. The van der Waals surface area contributed by atoms with Gasteiger partial charge in [0.1, 0.15) is 11.5 Å². The summed E-state index contributed by atoms with van der Waals surface area (Å²) in [6.45, 7) is 0.410. The van der Waals surface area contributed by atoms with Gasteiger partial charge < -0.3 is 16.2 Å². The quantitative estimate of drug-likeness (QED) is 0.909. The van der Waals surface area contributed by atoms with Crippen LogP contribution < -0.4 is 16.2 Å². The monoisotopic (exact) mass is 320 g/mol. The second kappa shape index (κ2) is 5.86. The number of carbonyl (C=O) groups excluding carboxylic acids is 1. The maximum absolute atomic E-state index is 11.3. The van der Waals surface area contributed by atoms with Crippen LogP contribution in [0.2, 0.25) is 0 Å². The van der Waals surface area contributed by atoms with Crippen molar-refractivity contribution in [2.45, 2.75) is 6.54 Å². The fourth-order valence-electron chi connectivity index (χ4n) is 1.68. The average molecular weight is 321 g/mol. The van der Waals surface area contributed by atoms with Gasteiger partial charge in [-0.25, -0.2) is 0 Å². The van der Waals surface area contributed by atoms with E-state index in [1.807, 2.05) is 12.1 Å². The maximum atomic E-state index is 11.3. The molecule has 4 nitrogen and oxygen atoms in total. The van der Waals surface area contributed by atoms with Gasteiger partial charge in [0.2, 0.25) is 0 Å². The zero-order valence-electron chi connectivity index (χ0n) is 10.1. The number of amides is 1. The van der Waals surface area contributed by atoms with Crippen molar-refractivity contribution in [3.8, 4) is 11.5 Å². The summed E-state index contributed by atoms with van der Waals surface area (Å²) in [5.41, 5.74) is 12.2. The van der Waals surface area contributed by atoms with Crippen LogP contribution in [0.25, 0.3) is 0 Å². The van der Waals surface area contributed by atoms with Crippen LogP contribution in [0.15, 0.2) is 46.9 Å². The molecule has 0 aromatic heterocycles. The molecule has 0 radical (unpaired) electrons. The van der Waals surface area contributed by atoms with Crippen LogP contribution in [0.1, 0.15) is 15.9 Å². The largest absolute Gasteiger partial charge is 0.456 e. The van der Waals surface area contributed by atoms with Gasteiger partial charge in [0.15, 0.2) is 0 Å². The predicted octanol–water partition coefficient (Wildman–Crippen LogP) is 2.80. The lowest BCUT2D eigenvalue weighted by Gasteiger charge is -2.10. The lowest BCUT2D eigenvalue weighted by atomic mass is 10.2. The number of benzene rings is 2. The number of halogens is 1. The van der Waals surface area contributed by atoms with Crippen molar-refractivity contribution in [3.05, 3.63) is 58.1 Å². The van der Waals surface area contributed by atoms with Crippen molar-refractivity contribution in [2.24, 2.45) is 11.5 Å². The molecule has 0 heterocycles. The van der Waals surface area contributed by atoms with Crippen LogP contribution in [-0.4, -0.2) is 5.91 Å². The Hall–Kier alpha value is -1.85. The van der Waals surface area contributed by atoms with Crippen molar-refractivity contribution in [2.75, 3.05) is 0 Å². The van der Waals surface area contributed by atoms with E-state index in [9.17, 15) is 4.79 Å². The minimum Gasteiger partial charge on any atom is -0.456 e. The zero-order chi connectivity index (χ0) is 13.8. The van der Waals surface area contributed by atoms with E-state index < -0.39 is 5.91 Å². The number of carbonyl (C=O) groups is 1. The van der Waals surface area contributed by atoms with Gasteiger partial charge >= 0.3 is 0 Å². The second-order valence-electron chi connectivity index (χ2n) is 3.96. The third-order valence-corrected chi connectivity index (χ3v) is 3.00. The first-order chi connectivity index (χ1) is 9.10. The number of primary amides is 1. The molecular weight excluding hydrogens is 308 g/mol. The molecule has 0 aliphatic carbocycles. The first-order valence-corrected chi connectivity index (χ1v) is 6.45.